The molecule has 0 aliphatic carbocycles. The quantitative estimate of drug-likeness (QED) is 0.866. The number of carbonyl (C=O) groups excluding carboxylic acids is 1. The summed E-state index contributed by atoms with van der Waals surface area (Å²) < 4.78 is 27.7. The number of sulfonamides is 1. The highest BCUT2D eigenvalue weighted by Crippen LogP contribution is 2.38. The predicted octanol–water partition coefficient (Wildman–Crippen LogP) is 2.52. The number of rotatable bonds is 4. The molecular formula is C15H18N4O3S2. The van der Waals surface area contributed by atoms with Gasteiger partial charge in [-0.15, -0.1) is 10.2 Å². The molecule has 1 aromatic heterocycles. The molecule has 128 valence electrons. The lowest BCUT2D eigenvalue weighted by molar-refractivity contribution is -0.117. The third kappa shape index (κ3) is 3.13. The van der Waals surface area contributed by atoms with Gasteiger partial charge in [0.1, 0.15) is 5.01 Å². The second-order valence-corrected chi connectivity index (χ2v) is 9.02. The summed E-state index contributed by atoms with van der Waals surface area (Å²) in [4.78, 5) is 11.9. The molecule has 7 nitrogen and oxygen atoms in total. The van der Waals surface area contributed by atoms with E-state index < -0.39 is 15.4 Å². The van der Waals surface area contributed by atoms with Crippen molar-refractivity contribution in [3.63, 3.8) is 0 Å². The Labute approximate surface area is 144 Å². The summed E-state index contributed by atoms with van der Waals surface area (Å²) in [6.07, 6.45) is 1.01. The van der Waals surface area contributed by atoms with Crippen LogP contribution in [-0.2, 0) is 26.7 Å². The van der Waals surface area contributed by atoms with Crippen molar-refractivity contribution in [3.8, 4) is 0 Å². The number of anilines is 2. The molecule has 2 N–H and O–H groups in total. The van der Waals surface area contributed by atoms with Crippen LogP contribution in [0.25, 0.3) is 0 Å². The van der Waals surface area contributed by atoms with Crippen molar-refractivity contribution < 1.29 is 13.2 Å². The van der Waals surface area contributed by atoms with Gasteiger partial charge in [-0.2, -0.15) is 0 Å². The Morgan fingerprint density at radius 3 is 2.75 bits per heavy atom. The van der Waals surface area contributed by atoms with E-state index in [1.165, 1.54) is 17.4 Å². The Morgan fingerprint density at radius 2 is 2.08 bits per heavy atom. The van der Waals surface area contributed by atoms with Gasteiger partial charge >= 0.3 is 0 Å². The van der Waals surface area contributed by atoms with Crippen LogP contribution in [0.3, 0.4) is 0 Å². The third-order valence-corrected chi connectivity index (χ3v) is 6.35. The first-order chi connectivity index (χ1) is 11.2. The van der Waals surface area contributed by atoms with Crippen molar-refractivity contribution in [2.45, 2.75) is 43.9 Å². The standard InChI is InChI=1S/C15H18N4O3S2/c1-4-13-17-18-14(23-13)19-24(21,22)9-5-6-11-10(7-9)15(2,3)8-12(20)16-11/h5-7H,4,8H2,1-3H3,(H,16,20)(H,18,19). The average Bonchev–Trinajstić information content (AvgIpc) is 2.92. The highest BCUT2D eigenvalue weighted by atomic mass is 32.2. The second-order valence-electron chi connectivity index (χ2n) is 6.28. The molecule has 0 unspecified atom stereocenters. The van der Waals surface area contributed by atoms with Crippen molar-refractivity contribution in [1.82, 2.24) is 10.2 Å². The molecule has 0 spiro atoms. The predicted molar refractivity (Wildman–Crippen MR) is 92.8 cm³/mol. The number of aromatic nitrogens is 2. The zero-order valence-electron chi connectivity index (χ0n) is 13.6. The molecule has 1 aliphatic heterocycles. The van der Waals surface area contributed by atoms with Crippen LogP contribution in [0.2, 0.25) is 0 Å². The zero-order valence-corrected chi connectivity index (χ0v) is 15.2. The Bertz CT molecular complexity index is 903. The minimum Gasteiger partial charge on any atom is -0.326 e. The topological polar surface area (TPSA) is 101 Å². The maximum absolute atomic E-state index is 12.6. The van der Waals surface area contributed by atoms with Crippen LogP contribution in [0, 0.1) is 0 Å². The second kappa shape index (κ2) is 5.82. The van der Waals surface area contributed by atoms with Gasteiger partial charge in [-0.25, -0.2) is 8.42 Å². The summed E-state index contributed by atoms with van der Waals surface area (Å²) in [5, 5.41) is 11.5. The van der Waals surface area contributed by atoms with Crippen LogP contribution < -0.4 is 10.0 Å². The molecule has 0 fully saturated rings. The van der Waals surface area contributed by atoms with Crippen LogP contribution in [0.4, 0.5) is 10.8 Å². The molecule has 1 amide bonds. The molecule has 0 saturated carbocycles. The van der Waals surface area contributed by atoms with E-state index >= 15 is 0 Å². The fourth-order valence-corrected chi connectivity index (χ4v) is 4.60. The minimum absolute atomic E-state index is 0.0674. The molecule has 24 heavy (non-hydrogen) atoms. The summed E-state index contributed by atoms with van der Waals surface area (Å²) in [5.74, 6) is -0.0674. The maximum Gasteiger partial charge on any atom is 0.263 e. The molecule has 0 radical (unpaired) electrons. The number of aryl methyl sites for hydroxylation is 1. The smallest absolute Gasteiger partial charge is 0.263 e. The van der Waals surface area contributed by atoms with Crippen LogP contribution in [0.1, 0.15) is 37.8 Å². The van der Waals surface area contributed by atoms with Gasteiger partial charge in [0.25, 0.3) is 10.0 Å². The number of amides is 1. The average molecular weight is 366 g/mol. The highest BCUT2D eigenvalue weighted by molar-refractivity contribution is 7.93. The van der Waals surface area contributed by atoms with E-state index in [0.717, 1.165) is 10.6 Å². The molecule has 3 rings (SSSR count). The van der Waals surface area contributed by atoms with Crippen molar-refractivity contribution in [2.24, 2.45) is 0 Å². The van der Waals surface area contributed by atoms with Crippen molar-refractivity contribution in [2.75, 3.05) is 10.0 Å². The van der Waals surface area contributed by atoms with Gasteiger partial charge in [-0.1, -0.05) is 32.1 Å². The van der Waals surface area contributed by atoms with E-state index in [9.17, 15) is 13.2 Å². The molecule has 1 aliphatic rings. The number of nitrogens with one attached hydrogen (secondary N) is 2. The summed E-state index contributed by atoms with van der Waals surface area (Å²) in [7, 11) is -3.76. The van der Waals surface area contributed by atoms with E-state index in [1.807, 2.05) is 20.8 Å². The summed E-state index contributed by atoms with van der Waals surface area (Å²) in [6, 6.07) is 4.71. The Balaban J connectivity index is 1.96. The lowest BCUT2D eigenvalue weighted by atomic mass is 9.78. The van der Waals surface area contributed by atoms with Crippen LogP contribution in [-0.4, -0.2) is 24.5 Å². The maximum atomic E-state index is 12.6. The first-order valence-corrected chi connectivity index (χ1v) is 9.81. The van der Waals surface area contributed by atoms with Crippen molar-refractivity contribution in [3.05, 3.63) is 28.8 Å². The molecule has 0 atom stereocenters. The van der Waals surface area contributed by atoms with Gasteiger partial charge in [0.05, 0.1) is 4.90 Å². The molecular weight excluding hydrogens is 348 g/mol. The number of carbonyl (C=O) groups is 1. The van der Waals surface area contributed by atoms with Gasteiger partial charge in [0, 0.05) is 17.5 Å². The number of benzene rings is 1. The highest BCUT2D eigenvalue weighted by Gasteiger charge is 2.33. The summed E-state index contributed by atoms with van der Waals surface area (Å²) >= 11 is 1.21. The number of fused-ring (bicyclic) bond motifs is 1. The van der Waals surface area contributed by atoms with Gasteiger partial charge in [-0.05, 0) is 30.2 Å². The van der Waals surface area contributed by atoms with Crippen molar-refractivity contribution in [1.29, 1.82) is 0 Å². The Hall–Kier alpha value is -2.00. The van der Waals surface area contributed by atoms with E-state index in [-0.39, 0.29) is 15.9 Å². The van der Waals surface area contributed by atoms with Crippen LogP contribution in [0.5, 0.6) is 0 Å². The third-order valence-electron chi connectivity index (χ3n) is 3.90. The molecule has 1 aromatic carbocycles. The largest absolute Gasteiger partial charge is 0.326 e. The van der Waals surface area contributed by atoms with Crippen LogP contribution >= 0.6 is 11.3 Å². The van der Waals surface area contributed by atoms with E-state index in [0.29, 0.717) is 18.5 Å². The number of hydrogen-bond acceptors (Lipinski definition) is 6. The zero-order chi connectivity index (χ0) is 17.5. The number of nitrogens with zero attached hydrogens (tertiary/aromatic N) is 2. The van der Waals surface area contributed by atoms with Gasteiger partial charge in [0.15, 0.2) is 0 Å². The van der Waals surface area contributed by atoms with Gasteiger partial charge < -0.3 is 5.32 Å². The monoisotopic (exact) mass is 366 g/mol. The summed E-state index contributed by atoms with van der Waals surface area (Å²) in [6.45, 7) is 5.78. The first kappa shape index (κ1) is 16.8. The SMILES string of the molecule is CCc1nnc(NS(=O)(=O)c2ccc3c(c2)C(C)(C)CC(=O)N3)s1. The molecule has 2 heterocycles. The Kier molecular flexibility index (Phi) is 4.08. The fourth-order valence-electron chi connectivity index (χ4n) is 2.66. The lowest BCUT2D eigenvalue weighted by Gasteiger charge is -2.32. The molecule has 9 heteroatoms. The lowest BCUT2D eigenvalue weighted by Crippen LogP contribution is -2.32. The van der Waals surface area contributed by atoms with E-state index in [2.05, 4.69) is 20.2 Å². The Morgan fingerprint density at radius 1 is 1.33 bits per heavy atom. The van der Waals surface area contributed by atoms with Crippen molar-refractivity contribution >= 4 is 38.1 Å². The molecule has 0 bridgehead atoms. The van der Waals surface area contributed by atoms with Crippen LogP contribution in [0.15, 0.2) is 23.1 Å². The molecule has 0 saturated heterocycles. The fraction of sp³-hybridized carbons (Fsp3) is 0.400. The van der Waals surface area contributed by atoms with E-state index in [4.69, 9.17) is 0 Å². The summed E-state index contributed by atoms with van der Waals surface area (Å²) in [5.41, 5.74) is 1.03. The first-order valence-electron chi connectivity index (χ1n) is 7.51. The van der Waals surface area contributed by atoms with Gasteiger partial charge in [-0.3, -0.25) is 9.52 Å². The van der Waals surface area contributed by atoms with E-state index in [1.54, 1.807) is 12.1 Å². The number of hydrogen-bond donors (Lipinski definition) is 2. The van der Waals surface area contributed by atoms with Gasteiger partial charge in [0.2, 0.25) is 11.0 Å². The normalized spacial score (nSPS) is 16.4. The minimum atomic E-state index is -3.76. The molecule has 2 aromatic rings.